The summed E-state index contributed by atoms with van der Waals surface area (Å²) in [5.74, 6) is 0. The number of azo groups is 2. The van der Waals surface area contributed by atoms with Gasteiger partial charge < -0.3 is 0 Å². The van der Waals surface area contributed by atoms with Gasteiger partial charge >= 0.3 is 6.03 Å². The van der Waals surface area contributed by atoms with Gasteiger partial charge in [0.2, 0.25) is 0 Å². The van der Waals surface area contributed by atoms with E-state index >= 15 is 0 Å². The highest BCUT2D eigenvalue weighted by Gasteiger charge is 1.99. The van der Waals surface area contributed by atoms with Crippen LogP contribution >= 0.6 is 0 Å². The molecule has 0 unspecified atom stereocenters. The minimum Gasteiger partial charge on any atom is -0.240 e. The van der Waals surface area contributed by atoms with Crippen molar-refractivity contribution < 1.29 is 4.79 Å². The third-order valence-corrected chi connectivity index (χ3v) is 2.72. The van der Waals surface area contributed by atoms with Gasteiger partial charge in [-0.1, -0.05) is 46.6 Å². The van der Waals surface area contributed by atoms with Crippen LogP contribution in [-0.2, 0) is 0 Å². The lowest BCUT2D eigenvalue weighted by Gasteiger charge is -1.96. The molecule has 0 saturated carbocycles. The molecule has 0 N–H and O–H groups in total. The Morgan fingerprint density at radius 1 is 0.750 bits per heavy atom. The molecule has 0 aliphatic rings. The molecule has 0 saturated heterocycles. The molecule has 2 rings (SSSR count). The average molecular weight is 266 g/mol. The number of carbonyl (C=O) groups excluding carboxylic acids is 1. The van der Waals surface area contributed by atoms with Crippen molar-refractivity contribution in [3.8, 4) is 0 Å². The second-order valence-electron chi connectivity index (χ2n) is 4.26. The van der Waals surface area contributed by atoms with E-state index in [4.69, 9.17) is 0 Å². The molecule has 0 spiro atoms. The van der Waals surface area contributed by atoms with Crippen molar-refractivity contribution in [2.24, 2.45) is 20.5 Å². The maximum Gasteiger partial charge on any atom is 0.404 e. The Morgan fingerprint density at radius 3 is 1.55 bits per heavy atom. The van der Waals surface area contributed by atoms with E-state index in [0.717, 1.165) is 11.1 Å². The number of hydrogen-bond acceptors (Lipinski definition) is 3. The van der Waals surface area contributed by atoms with Gasteiger partial charge in [-0.05, 0) is 37.1 Å². The van der Waals surface area contributed by atoms with Crippen LogP contribution in [0.5, 0.6) is 0 Å². The van der Waals surface area contributed by atoms with E-state index < -0.39 is 6.03 Å². The first kappa shape index (κ1) is 13.7. The van der Waals surface area contributed by atoms with Crippen LogP contribution in [0, 0.1) is 13.8 Å². The fourth-order valence-electron chi connectivity index (χ4n) is 1.56. The zero-order chi connectivity index (χ0) is 14.4. The highest BCUT2D eigenvalue weighted by molar-refractivity contribution is 5.75. The summed E-state index contributed by atoms with van der Waals surface area (Å²) >= 11 is 0. The summed E-state index contributed by atoms with van der Waals surface area (Å²) in [6.07, 6.45) is 0. The Hall–Kier alpha value is -2.69. The summed E-state index contributed by atoms with van der Waals surface area (Å²) in [6, 6.07) is 14.1. The zero-order valence-corrected chi connectivity index (χ0v) is 11.3. The van der Waals surface area contributed by atoms with E-state index in [1.165, 1.54) is 0 Å². The van der Waals surface area contributed by atoms with Gasteiger partial charge in [-0.2, -0.15) is 0 Å². The quantitative estimate of drug-likeness (QED) is 0.681. The molecule has 5 nitrogen and oxygen atoms in total. The second kappa shape index (κ2) is 6.47. The number of nitrogens with zero attached hydrogens (tertiary/aromatic N) is 4. The monoisotopic (exact) mass is 266 g/mol. The van der Waals surface area contributed by atoms with E-state index in [2.05, 4.69) is 20.5 Å². The number of carbonyl (C=O) groups is 1. The lowest BCUT2D eigenvalue weighted by Crippen LogP contribution is -1.81. The predicted octanol–water partition coefficient (Wildman–Crippen LogP) is 5.29. The van der Waals surface area contributed by atoms with Crippen molar-refractivity contribution >= 4 is 17.4 Å². The number of aryl methyl sites for hydroxylation is 2. The number of benzene rings is 2. The highest BCUT2D eigenvalue weighted by atomic mass is 16.2. The molecule has 0 radical (unpaired) electrons. The molecular weight excluding hydrogens is 252 g/mol. The van der Waals surface area contributed by atoms with Gasteiger partial charge in [-0.25, -0.2) is 4.79 Å². The van der Waals surface area contributed by atoms with Gasteiger partial charge in [0, 0.05) is 0 Å². The molecule has 20 heavy (non-hydrogen) atoms. The Balaban J connectivity index is 2.07. The smallest absolute Gasteiger partial charge is 0.240 e. The molecular formula is C15H14N4O. The third kappa shape index (κ3) is 3.65. The first-order valence-corrected chi connectivity index (χ1v) is 6.15. The first-order chi connectivity index (χ1) is 9.66. The third-order valence-electron chi connectivity index (χ3n) is 2.72. The maximum absolute atomic E-state index is 11.5. The molecule has 0 bridgehead atoms. The van der Waals surface area contributed by atoms with Crippen LogP contribution < -0.4 is 0 Å². The van der Waals surface area contributed by atoms with Gasteiger partial charge in [0.05, 0.1) is 11.4 Å². The van der Waals surface area contributed by atoms with Crippen LogP contribution in [0.1, 0.15) is 11.1 Å². The standard InChI is InChI=1S/C15H14N4O/c1-11-7-3-5-9-13(11)16-18-15(20)19-17-14-10-6-4-8-12(14)2/h3-10H,1-2H3. The van der Waals surface area contributed by atoms with Gasteiger partial charge in [-0.15, -0.1) is 10.2 Å². The molecule has 0 fully saturated rings. The lowest BCUT2D eigenvalue weighted by atomic mass is 10.2. The first-order valence-electron chi connectivity index (χ1n) is 6.15. The van der Waals surface area contributed by atoms with E-state index in [-0.39, 0.29) is 0 Å². The van der Waals surface area contributed by atoms with Crippen LogP contribution in [0.25, 0.3) is 0 Å². The molecule has 2 amide bonds. The molecule has 0 aliphatic carbocycles. The second-order valence-corrected chi connectivity index (χ2v) is 4.26. The summed E-state index contributed by atoms with van der Waals surface area (Å²) in [6.45, 7) is 3.79. The Labute approximate surface area is 117 Å². The maximum atomic E-state index is 11.5. The molecule has 5 heteroatoms. The Kier molecular flexibility index (Phi) is 4.44. The van der Waals surface area contributed by atoms with Crippen LogP contribution in [0.2, 0.25) is 0 Å². The minimum atomic E-state index is -0.725. The largest absolute Gasteiger partial charge is 0.404 e. The lowest BCUT2D eigenvalue weighted by molar-refractivity contribution is 0.254. The van der Waals surface area contributed by atoms with Gasteiger partial charge in [0.25, 0.3) is 0 Å². The van der Waals surface area contributed by atoms with Gasteiger partial charge in [-0.3, -0.25) is 0 Å². The van der Waals surface area contributed by atoms with Crippen molar-refractivity contribution in [1.82, 2.24) is 0 Å². The SMILES string of the molecule is Cc1ccccc1N=NC(=O)N=Nc1ccccc1C. The van der Waals surface area contributed by atoms with Gasteiger partial charge in [0.1, 0.15) is 0 Å². The summed E-state index contributed by atoms with van der Waals surface area (Å²) in [4.78, 5) is 11.5. The van der Waals surface area contributed by atoms with Gasteiger partial charge in [0.15, 0.2) is 0 Å². The fraction of sp³-hybridized carbons (Fsp3) is 0.133. The van der Waals surface area contributed by atoms with Crippen LogP contribution in [0.3, 0.4) is 0 Å². The van der Waals surface area contributed by atoms with Crippen LogP contribution in [-0.4, -0.2) is 6.03 Å². The number of rotatable bonds is 2. The molecule has 0 aromatic heterocycles. The summed E-state index contributed by atoms with van der Waals surface area (Å²) in [5.41, 5.74) is 3.18. The molecule has 0 atom stereocenters. The number of amides is 2. The van der Waals surface area contributed by atoms with Crippen LogP contribution in [0.4, 0.5) is 16.2 Å². The fourth-order valence-corrected chi connectivity index (χ4v) is 1.56. The molecule has 0 heterocycles. The van der Waals surface area contributed by atoms with Crippen molar-refractivity contribution in [2.45, 2.75) is 13.8 Å². The average Bonchev–Trinajstić information content (AvgIpc) is 2.45. The van der Waals surface area contributed by atoms with E-state index in [9.17, 15) is 4.79 Å². The normalized spacial score (nSPS) is 11.3. The van der Waals surface area contributed by atoms with Crippen molar-refractivity contribution in [3.63, 3.8) is 0 Å². The Morgan fingerprint density at radius 2 is 1.15 bits per heavy atom. The van der Waals surface area contributed by atoms with Crippen molar-refractivity contribution in [3.05, 3.63) is 59.7 Å². The highest BCUT2D eigenvalue weighted by Crippen LogP contribution is 2.19. The zero-order valence-electron chi connectivity index (χ0n) is 11.3. The molecule has 100 valence electrons. The summed E-state index contributed by atoms with van der Waals surface area (Å²) in [7, 11) is 0. The topological polar surface area (TPSA) is 66.5 Å². The minimum absolute atomic E-state index is 0.645. The van der Waals surface area contributed by atoms with Crippen molar-refractivity contribution in [2.75, 3.05) is 0 Å². The molecule has 2 aromatic rings. The molecule has 0 aliphatic heterocycles. The summed E-state index contributed by atoms with van der Waals surface area (Å²) in [5, 5.41) is 14.8. The van der Waals surface area contributed by atoms with Crippen LogP contribution in [0.15, 0.2) is 69.0 Å². The summed E-state index contributed by atoms with van der Waals surface area (Å²) < 4.78 is 0. The van der Waals surface area contributed by atoms with E-state index in [1.54, 1.807) is 12.1 Å². The number of hydrogen-bond donors (Lipinski definition) is 0. The Bertz CT molecular complexity index is 620. The molecule has 2 aromatic carbocycles. The van der Waals surface area contributed by atoms with E-state index in [1.807, 2.05) is 50.2 Å². The van der Waals surface area contributed by atoms with E-state index in [0.29, 0.717) is 11.4 Å². The predicted molar refractivity (Wildman–Crippen MR) is 76.8 cm³/mol. The van der Waals surface area contributed by atoms with Crippen molar-refractivity contribution in [1.29, 1.82) is 0 Å². The number of urea groups is 1.